The SMILES string of the molecule is Cn1cc(NC(=O)CCNC(=O)c2c(NC(=O)c3nc(NC(=O)CCNC(=N)NC(=O)OC(C)(C)C)cn3C)ccn2C)nc1C(=O)O. The van der Waals surface area contributed by atoms with Crippen LogP contribution in [-0.2, 0) is 35.5 Å². The Labute approximate surface area is 274 Å². The van der Waals surface area contributed by atoms with Crippen molar-refractivity contribution in [3.05, 3.63) is 42.0 Å². The second kappa shape index (κ2) is 15.4. The molecule has 3 heterocycles. The average molecular weight is 671 g/mol. The number of rotatable bonds is 12. The van der Waals surface area contributed by atoms with Crippen LogP contribution in [0, 0.1) is 5.41 Å². The summed E-state index contributed by atoms with van der Waals surface area (Å²) in [5.74, 6) is -3.99. The van der Waals surface area contributed by atoms with Crippen LogP contribution in [0.15, 0.2) is 24.7 Å². The van der Waals surface area contributed by atoms with Gasteiger partial charge in [-0.25, -0.2) is 19.6 Å². The summed E-state index contributed by atoms with van der Waals surface area (Å²) in [7, 11) is 4.61. The number of alkyl carbamates (subject to hydrolysis) is 1. The van der Waals surface area contributed by atoms with Crippen LogP contribution in [0.1, 0.15) is 65.3 Å². The number of nitrogens with zero attached hydrogens (tertiary/aromatic N) is 5. The number of aromatic nitrogens is 5. The molecular formula is C28H38N12O8. The fraction of sp³-hybridized carbons (Fsp3) is 0.393. The van der Waals surface area contributed by atoms with E-state index >= 15 is 0 Å². The Bertz CT molecular complexity index is 1730. The first kappa shape index (κ1) is 36.3. The van der Waals surface area contributed by atoms with E-state index in [0.717, 1.165) is 0 Å². The number of aryl methyl sites for hydroxylation is 3. The van der Waals surface area contributed by atoms with Crippen LogP contribution in [0.25, 0.3) is 0 Å². The summed E-state index contributed by atoms with van der Waals surface area (Å²) >= 11 is 0. The Balaban J connectivity index is 1.49. The predicted octanol–water partition coefficient (Wildman–Crippen LogP) is 0.579. The van der Waals surface area contributed by atoms with E-state index in [0.29, 0.717) is 0 Å². The highest BCUT2D eigenvalue weighted by atomic mass is 16.6. The van der Waals surface area contributed by atoms with Crippen molar-refractivity contribution in [3.8, 4) is 0 Å². The maximum absolute atomic E-state index is 13.1. The van der Waals surface area contributed by atoms with E-state index in [-0.39, 0.29) is 66.6 Å². The van der Waals surface area contributed by atoms with Crippen molar-refractivity contribution in [3.63, 3.8) is 0 Å². The molecule has 0 fully saturated rings. The summed E-state index contributed by atoms with van der Waals surface area (Å²) in [6, 6.07) is 1.51. The van der Waals surface area contributed by atoms with Crippen molar-refractivity contribution in [2.75, 3.05) is 29.0 Å². The minimum Gasteiger partial charge on any atom is -0.475 e. The molecule has 0 saturated heterocycles. The number of aromatic carboxylic acids is 1. The zero-order valence-corrected chi connectivity index (χ0v) is 27.2. The number of carboxylic acid groups (broad SMARTS) is 1. The summed E-state index contributed by atoms with van der Waals surface area (Å²) in [6.45, 7) is 4.99. The van der Waals surface area contributed by atoms with Crippen molar-refractivity contribution in [1.82, 2.24) is 39.6 Å². The first-order valence-electron chi connectivity index (χ1n) is 14.4. The molecule has 0 aliphatic carbocycles. The van der Waals surface area contributed by atoms with E-state index in [1.54, 1.807) is 41.1 Å². The quantitative estimate of drug-likeness (QED) is 0.0975. The van der Waals surface area contributed by atoms with E-state index < -0.39 is 41.3 Å². The molecule has 0 atom stereocenters. The topological polar surface area (TPSA) is 268 Å². The second-order valence-corrected chi connectivity index (χ2v) is 11.4. The Morgan fingerprint density at radius 3 is 1.90 bits per heavy atom. The Hall–Kier alpha value is -6.21. The van der Waals surface area contributed by atoms with Gasteiger partial charge in [-0.1, -0.05) is 0 Å². The molecule has 0 aliphatic heterocycles. The van der Waals surface area contributed by atoms with Gasteiger partial charge in [-0.2, -0.15) is 0 Å². The van der Waals surface area contributed by atoms with Gasteiger partial charge in [0.1, 0.15) is 11.3 Å². The molecule has 20 nitrogen and oxygen atoms in total. The molecule has 0 radical (unpaired) electrons. The predicted molar refractivity (Wildman–Crippen MR) is 171 cm³/mol. The number of imidazole rings is 2. The van der Waals surface area contributed by atoms with Crippen LogP contribution in [0.2, 0.25) is 0 Å². The molecule has 0 bridgehead atoms. The zero-order valence-electron chi connectivity index (χ0n) is 27.2. The van der Waals surface area contributed by atoms with Crippen molar-refractivity contribution < 1.29 is 38.6 Å². The molecular weight excluding hydrogens is 632 g/mol. The van der Waals surface area contributed by atoms with Crippen LogP contribution < -0.4 is 31.9 Å². The number of carbonyl (C=O) groups is 6. The van der Waals surface area contributed by atoms with Gasteiger partial charge in [0.2, 0.25) is 23.5 Å². The minimum absolute atomic E-state index is 0.0159. The number of anilines is 3. The number of hydrogen-bond acceptors (Lipinski definition) is 10. The second-order valence-electron chi connectivity index (χ2n) is 11.4. The standard InChI is InChI=1S/C28H38N12O8/c1-28(2,3)48-27(47)37-26(29)31-11-8-19(42)33-16-13-39(5)21(35-16)24(44)32-15-9-12-38(4)20(15)23(43)30-10-7-18(41)34-17-14-40(6)22(36-17)25(45)46/h9,12-14H,7-8,10-11H2,1-6H3,(H,30,43)(H,32,44)(H,33,42)(H,34,41)(H,45,46)(H3,29,31,37,47). The summed E-state index contributed by atoms with van der Waals surface area (Å²) < 4.78 is 9.16. The Kier molecular flexibility index (Phi) is 11.6. The molecule has 3 rings (SSSR count). The van der Waals surface area contributed by atoms with E-state index in [1.807, 2.05) is 0 Å². The van der Waals surface area contributed by atoms with E-state index in [9.17, 15) is 28.8 Å². The van der Waals surface area contributed by atoms with Crippen LogP contribution in [-0.4, -0.2) is 89.1 Å². The molecule has 0 aliphatic rings. The summed E-state index contributed by atoms with van der Waals surface area (Å²) in [6.07, 6.45) is 3.28. The summed E-state index contributed by atoms with van der Waals surface area (Å²) in [5, 5.41) is 31.8. The molecule has 258 valence electrons. The first-order valence-corrected chi connectivity index (χ1v) is 14.4. The molecule has 3 aromatic rings. The molecule has 5 amide bonds. The highest BCUT2D eigenvalue weighted by molar-refractivity contribution is 6.07. The third-order valence-electron chi connectivity index (χ3n) is 6.14. The molecule has 0 aromatic carbocycles. The van der Waals surface area contributed by atoms with Gasteiger partial charge in [-0.05, 0) is 26.8 Å². The van der Waals surface area contributed by atoms with Crippen LogP contribution in [0.3, 0.4) is 0 Å². The van der Waals surface area contributed by atoms with Crippen LogP contribution in [0.4, 0.5) is 22.1 Å². The lowest BCUT2D eigenvalue weighted by molar-refractivity contribution is -0.116. The highest BCUT2D eigenvalue weighted by Gasteiger charge is 2.22. The lowest BCUT2D eigenvalue weighted by Gasteiger charge is -2.19. The molecule has 0 spiro atoms. The fourth-order valence-corrected chi connectivity index (χ4v) is 4.09. The summed E-state index contributed by atoms with van der Waals surface area (Å²) in [5.41, 5.74) is -0.467. The van der Waals surface area contributed by atoms with Crippen LogP contribution >= 0.6 is 0 Å². The maximum atomic E-state index is 13.1. The lowest BCUT2D eigenvalue weighted by Crippen LogP contribution is -2.43. The van der Waals surface area contributed by atoms with Crippen LogP contribution in [0.5, 0.6) is 0 Å². The van der Waals surface area contributed by atoms with Crippen molar-refractivity contribution in [2.45, 2.75) is 39.2 Å². The molecule has 20 heteroatoms. The van der Waals surface area contributed by atoms with Gasteiger partial charge in [0.25, 0.3) is 11.8 Å². The van der Waals surface area contributed by atoms with Gasteiger partial charge in [-0.15, -0.1) is 0 Å². The van der Waals surface area contributed by atoms with Crippen molar-refractivity contribution >= 4 is 59.0 Å². The first-order chi connectivity index (χ1) is 22.4. The number of guanidine groups is 1. The van der Waals surface area contributed by atoms with E-state index in [1.165, 1.54) is 39.2 Å². The van der Waals surface area contributed by atoms with Gasteiger partial charge >= 0.3 is 12.1 Å². The number of nitrogens with one attached hydrogen (secondary N) is 7. The normalized spacial score (nSPS) is 10.9. The Morgan fingerprint density at radius 1 is 0.812 bits per heavy atom. The van der Waals surface area contributed by atoms with E-state index in [4.69, 9.17) is 15.3 Å². The summed E-state index contributed by atoms with van der Waals surface area (Å²) in [4.78, 5) is 81.5. The van der Waals surface area contributed by atoms with Gasteiger partial charge in [-0.3, -0.25) is 29.9 Å². The number of carboxylic acids is 1. The largest absolute Gasteiger partial charge is 0.475 e. The minimum atomic E-state index is -1.25. The Morgan fingerprint density at radius 2 is 1.35 bits per heavy atom. The number of ether oxygens (including phenoxy) is 1. The van der Waals surface area contributed by atoms with Crippen molar-refractivity contribution in [1.29, 1.82) is 5.41 Å². The van der Waals surface area contributed by atoms with Gasteiger partial charge in [0.15, 0.2) is 17.6 Å². The molecule has 8 N–H and O–H groups in total. The van der Waals surface area contributed by atoms with E-state index in [2.05, 4.69) is 41.9 Å². The molecule has 0 unspecified atom stereocenters. The highest BCUT2D eigenvalue weighted by Crippen LogP contribution is 2.18. The number of amides is 5. The fourth-order valence-electron chi connectivity index (χ4n) is 4.09. The smallest absolute Gasteiger partial charge is 0.414 e. The lowest BCUT2D eigenvalue weighted by atomic mass is 10.2. The number of carbonyl (C=O) groups excluding carboxylic acids is 5. The van der Waals surface area contributed by atoms with Crippen molar-refractivity contribution in [2.24, 2.45) is 21.1 Å². The van der Waals surface area contributed by atoms with Gasteiger partial charge in [0, 0.05) is 65.7 Å². The van der Waals surface area contributed by atoms with Gasteiger partial charge < -0.3 is 50.1 Å². The monoisotopic (exact) mass is 670 g/mol. The molecule has 48 heavy (non-hydrogen) atoms. The maximum Gasteiger partial charge on any atom is 0.414 e. The van der Waals surface area contributed by atoms with Gasteiger partial charge in [0.05, 0.1) is 5.69 Å². The third-order valence-corrected chi connectivity index (χ3v) is 6.14. The number of hydrogen-bond donors (Lipinski definition) is 8. The third kappa shape index (κ3) is 10.4. The molecule has 3 aromatic heterocycles. The molecule has 0 saturated carbocycles. The zero-order chi connectivity index (χ0) is 35.8. The average Bonchev–Trinajstić information content (AvgIpc) is 3.62.